The average Bonchev–Trinajstić information content (AvgIpc) is 2.89. The number of rotatable bonds is 4. The number of pyridine rings is 1. The monoisotopic (exact) mass is 517 g/mol. The molecule has 0 atom stereocenters. The molecule has 0 amide bonds. The highest BCUT2D eigenvalue weighted by Gasteiger charge is 2.22. The van der Waals surface area contributed by atoms with Crippen molar-refractivity contribution in [3.05, 3.63) is 133 Å². The minimum absolute atomic E-state index is 0.731. The van der Waals surface area contributed by atoms with Gasteiger partial charge >= 0.3 is 0 Å². The van der Waals surface area contributed by atoms with Crippen LogP contribution in [0.15, 0.2) is 128 Å². The lowest BCUT2D eigenvalue weighted by Gasteiger charge is -2.17. The molecule has 0 saturated carbocycles. The van der Waals surface area contributed by atoms with Crippen molar-refractivity contribution in [1.29, 1.82) is 0 Å². The predicted molar refractivity (Wildman–Crippen MR) is 129 cm³/mol. The van der Waals surface area contributed by atoms with Gasteiger partial charge in [-0.2, -0.15) is 4.57 Å². The van der Waals surface area contributed by atoms with E-state index in [1.807, 2.05) is 18.2 Å². The fourth-order valence-corrected chi connectivity index (χ4v) is 4.03. The zero-order valence-corrected chi connectivity index (χ0v) is 20.5. The summed E-state index contributed by atoms with van der Waals surface area (Å²) in [4.78, 5) is 0. The van der Waals surface area contributed by atoms with Crippen LogP contribution in [0.4, 0.5) is 0 Å². The van der Waals surface area contributed by atoms with Gasteiger partial charge in [-0.1, -0.05) is 90.5 Å². The molecule has 0 fully saturated rings. The van der Waals surface area contributed by atoms with Gasteiger partial charge in [-0.15, -0.1) is 10.2 Å². The first-order chi connectivity index (χ1) is 17.3. The van der Waals surface area contributed by atoms with E-state index in [0.29, 0.717) is 0 Å². The van der Waals surface area contributed by atoms with Crippen molar-refractivity contribution < 1.29 is 33.4 Å². The van der Waals surface area contributed by atoms with Crippen LogP contribution in [-0.4, -0.2) is 0 Å². The quantitative estimate of drug-likeness (QED) is 0.342. The van der Waals surface area contributed by atoms with E-state index in [1.165, 1.54) is 22.3 Å². The lowest BCUT2D eigenvalue weighted by molar-refractivity contribution is -2.00. The molecule has 0 radical (unpaired) electrons. The molecule has 5 aromatic rings. The van der Waals surface area contributed by atoms with Gasteiger partial charge in [-0.25, -0.2) is 18.6 Å². The summed E-state index contributed by atoms with van der Waals surface area (Å²) in [5.41, 5.74) is 8.12. The van der Waals surface area contributed by atoms with Crippen LogP contribution in [0.25, 0.3) is 39.2 Å². The number of benzene rings is 4. The Morgan fingerprint density at radius 1 is 0.528 bits per heavy atom. The molecule has 0 saturated heterocycles. The van der Waals surface area contributed by atoms with Gasteiger partial charge in [0, 0.05) is 34.3 Å². The molecule has 36 heavy (non-hydrogen) atoms. The zero-order valence-electron chi connectivity index (χ0n) is 19.0. The van der Waals surface area contributed by atoms with Gasteiger partial charge in [0.1, 0.15) is 0 Å². The van der Waals surface area contributed by atoms with Crippen molar-refractivity contribution in [3.63, 3.8) is 0 Å². The summed E-state index contributed by atoms with van der Waals surface area (Å²) in [7, 11) is -4.94. The van der Waals surface area contributed by atoms with Gasteiger partial charge in [-0.05, 0) is 35.4 Å². The van der Waals surface area contributed by atoms with Crippen molar-refractivity contribution in [1.82, 2.24) is 0 Å². The first-order valence-corrected chi connectivity index (χ1v) is 12.5. The molecule has 0 aliphatic carbocycles. The van der Waals surface area contributed by atoms with E-state index in [-0.39, 0.29) is 0 Å². The van der Waals surface area contributed by atoms with Gasteiger partial charge in [0.2, 0.25) is 11.4 Å². The summed E-state index contributed by atoms with van der Waals surface area (Å²) in [5, 5.41) is 0.731. The molecule has 0 aliphatic heterocycles. The van der Waals surface area contributed by atoms with Crippen molar-refractivity contribution in [2.75, 3.05) is 0 Å². The minimum atomic E-state index is -4.94. The van der Waals surface area contributed by atoms with E-state index in [2.05, 4.69) is 114 Å². The molecule has 5 rings (SSSR count). The molecular formula is C29H21Cl2NO4. The Bertz CT molecular complexity index is 1400. The lowest BCUT2D eigenvalue weighted by Crippen LogP contribution is -2.68. The fraction of sp³-hybridized carbons (Fsp3) is 0. The zero-order chi connectivity index (χ0) is 25.5. The molecule has 0 aliphatic rings. The summed E-state index contributed by atoms with van der Waals surface area (Å²) >= 11 is 6.18. The van der Waals surface area contributed by atoms with Crippen LogP contribution >= 0.6 is 11.6 Å². The van der Waals surface area contributed by atoms with Crippen molar-refractivity contribution in [2.24, 2.45) is 0 Å². The van der Waals surface area contributed by atoms with Crippen LogP contribution in [0, 0.1) is 10.2 Å². The van der Waals surface area contributed by atoms with Crippen molar-refractivity contribution in [2.45, 2.75) is 0 Å². The molecule has 4 aromatic carbocycles. The first kappa shape index (κ1) is 25.5. The first-order valence-electron chi connectivity index (χ1n) is 10.9. The molecule has 0 unspecified atom stereocenters. The number of hydrogen-bond acceptors (Lipinski definition) is 4. The van der Waals surface area contributed by atoms with Crippen LogP contribution in [0.5, 0.6) is 0 Å². The number of halogens is 2. The highest BCUT2D eigenvalue weighted by molar-refractivity contribution is 6.30. The van der Waals surface area contributed by atoms with E-state index in [4.69, 9.17) is 30.2 Å². The predicted octanol–water partition coefficient (Wildman–Crippen LogP) is 2.86. The molecule has 5 nitrogen and oxygen atoms in total. The summed E-state index contributed by atoms with van der Waals surface area (Å²) in [5.74, 6) is 0. The molecule has 0 spiro atoms. The Hall–Kier alpha value is -3.55. The summed E-state index contributed by atoms with van der Waals surface area (Å²) in [6.45, 7) is 0. The Labute approximate surface area is 216 Å². The second-order valence-electron chi connectivity index (χ2n) is 7.81. The van der Waals surface area contributed by atoms with Gasteiger partial charge in [0.25, 0.3) is 0 Å². The third-order valence-corrected chi connectivity index (χ3v) is 5.68. The highest BCUT2D eigenvalue weighted by atomic mass is 35.7. The Morgan fingerprint density at radius 2 is 0.944 bits per heavy atom. The molecule has 0 bridgehead atoms. The third kappa shape index (κ3) is 6.77. The van der Waals surface area contributed by atoms with E-state index in [9.17, 15) is 0 Å². The molecule has 180 valence electrons. The SMILES string of the molecule is Clc1ccc(-[n+]2cc(-c3ccccc3)c(-c3ccccc3)cc2-c2ccccc2)cc1.[O-][Cl+3]([O-])([O-])[O-]. The van der Waals surface area contributed by atoms with E-state index in [0.717, 1.165) is 22.0 Å². The Kier molecular flexibility index (Phi) is 8.13. The van der Waals surface area contributed by atoms with Gasteiger partial charge in [0.05, 0.1) is 5.56 Å². The van der Waals surface area contributed by atoms with Crippen molar-refractivity contribution >= 4 is 11.6 Å². The van der Waals surface area contributed by atoms with Crippen LogP contribution < -0.4 is 23.2 Å². The van der Waals surface area contributed by atoms with Crippen LogP contribution in [0.2, 0.25) is 5.02 Å². The molecular weight excluding hydrogens is 497 g/mol. The van der Waals surface area contributed by atoms with Crippen LogP contribution in [-0.2, 0) is 0 Å². The molecule has 0 N–H and O–H groups in total. The standard InChI is InChI=1S/C29H21ClN.ClHO4/c30-25-16-18-26(19-17-25)31-21-28(23-12-6-2-7-13-23)27(22-10-4-1-5-11-22)20-29(31)24-14-8-3-9-15-24;2-1(3,4)5/h1-21H;(H,2,3,4,5)/q+1;/p-1. The largest absolute Gasteiger partial charge is 0.222 e. The summed E-state index contributed by atoms with van der Waals surface area (Å²) in [6, 6.07) is 41.9. The van der Waals surface area contributed by atoms with Gasteiger partial charge in [-0.3, -0.25) is 0 Å². The van der Waals surface area contributed by atoms with E-state index in [1.54, 1.807) is 0 Å². The van der Waals surface area contributed by atoms with Crippen molar-refractivity contribution in [3.8, 4) is 39.2 Å². The van der Waals surface area contributed by atoms with E-state index < -0.39 is 10.2 Å². The Morgan fingerprint density at radius 3 is 1.42 bits per heavy atom. The van der Waals surface area contributed by atoms with Gasteiger partial charge < -0.3 is 0 Å². The second-order valence-corrected chi connectivity index (χ2v) is 9.00. The van der Waals surface area contributed by atoms with Gasteiger partial charge in [0.15, 0.2) is 6.20 Å². The Balaban J connectivity index is 0.000000556. The summed E-state index contributed by atoms with van der Waals surface area (Å²) < 4.78 is 36.2. The number of hydrogen-bond donors (Lipinski definition) is 0. The lowest BCUT2D eigenvalue weighted by atomic mass is 9.94. The fourth-order valence-electron chi connectivity index (χ4n) is 3.90. The van der Waals surface area contributed by atoms with E-state index >= 15 is 0 Å². The molecule has 1 heterocycles. The molecule has 7 heteroatoms. The highest BCUT2D eigenvalue weighted by Crippen LogP contribution is 2.34. The second kappa shape index (κ2) is 11.5. The summed E-state index contributed by atoms with van der Waals surface area (Å²) in [6.07, 6.45) is 2.24. The average molecular weight is 518 g/mol. The number of aromatic nitrogens is 1. The van der Waals surface area contributed by atoms with Crippen LogP contribution in [0.1, 0.15) is 0 Å². The molecule has 1 aromatic heterocycles. The number of nitrogens with zero attached hydrogens (tertiary/aromatic N) is 1. The maximum absolute atomic E-state index is 8.49. The third-order valence-electron chi connectivity index (χ3n) is 5.43. The maximum Gasteiger partial charge on any atom is 0.219 e. The normalized spacial score (nSPS) is 10.9. The van der Waals surface area contributed by atoms with Crippen LogP contribution in [0.3, 0.4) is 0 Å². The minimum Gasteiger partial charge on any atom is -0.222 e. The topological polar surface area (TPSA) is 96.1 Å². The smallest absolute Gasteiger partial charge is 0.219 e. The maximum atomic E-state index is 8.49.